The van der Waals surface area contributed by atoms with Gasteiger partial charge in [0, 0.05) is 34.8 Å². The van der Waals surface area contributed by atoms with Crippen LogP contribution in [0.25, 0.3) is 38.8 Å². The molecule has 4 nitrogen and oxygen atoms in total. The second-order valence-electron chi connectivity index (χ2n) is 6.50. The van der Waals surface area contributed by atoms with Gasteiger partial charge in [0.25, 0.3) is 0 Å². The second kappa shape index (κ2) is 6.13. The smallest absolute Gasteiger partial charge is 0.174 e. The maximum Gasteiger partial charge on any atom is 0.174 e. The van der Waals surface area contributed by atoms with Crippen molar-refractivity contribution in [2.75, 3.05) is 5.73 Å². The molecule has 0 bridgehead atoms. The average Bonchev–Trinajstić information content (AvgIpc) is 3.10. The molecule has 0 atom stereocenters. The predicted molar refractivity (Wildman–Crippen MR) is 106 cm³/mol. The topological polar surface area (TPSA) is 56.7 Å². The minimum atomic E-state index is -0.530. The number of aromatic nitrogens is 3. The molecular weight excluding hydrogens is 358 g/mol. The van der Waals surface area contributed by atoms with E-state index in [2.05, 4.69) is 9.97 Å². The van der Waals surface area contributed by atoms with Crippen LogP contribution in [0.3, 0.4) is 0 Å². The number of rotatable bonds is 2. The highest BCUT2D eigenvalue weighted by molar-refractivity contribution is 5.93. The van der Waals surface area contributed by atoms with Crippen molar-refractivity contribution in [3.8, 4) is 16.9 Å². The summed E-state index contributed by atoms with van der Waals surface area (Å²) in [6.07, 6.45) is 3.42. The summed E-state index contributed by atoms with van der Waals surface area (Å²) in [4.78, 5) is 8.55. The molecule has 0 fully saturated rings. The van der Waals surface area contributed by atoms with Gasteiger partial charge in [0.15, 0.2) is 5.82 Å². The van der Waals surface area contributed by atoms with Crippen LogP contribution in [0.15, 0.2) is 73.1 Å². The van der Waals surface area contributed by atoms with E-state index in [4.69, 9.17) is 5.73 Å². The molecule has 0 aliphatic rings. The first-order valence-corrected chi connectivity index (χ1v) is 8.69. The fraction of sp³-hybridized carbons (Fsp3) is 0. The molecule has 0 saturated carbocycles. The maximum atomic E-state index is 15.8. The molecule has 0 radical (unpaired) electrons. The average molecular weight is 372 g/mol. The summed E-state index contributed by atoms with van der Waals surface area (Å²) in [6, 6.07) is 16.6. The Labute approximate surface area is 158 Å². The number of nitrogens with zero attached hydrogens (tertiary/aromatic N) is 3. The number of halogens is 2. The van der Waals surface area contributed by atoms with E-state index < -0.39 is 11.6 Å². The molecule has 0 unspecified atom stereocenters. The number of pyridine rings is 2. The molecule has 28 heavy (non-hydrogen) atoms. The normalized spacial score (nSPS) is 11.4. The number of hydrogen-bond donors (Lipinski definition) is 1. The van der Waals surface area contributed by atoms with E-state index in [1.165, 1.54) is 18.2 Å². The van der Waals surface area contributed by atoms with Crippen molar-refractivity contribution in [1.29, 1.82) is 0 Å². The standard InChI is InChI=1S/C22H14F2N4/c23-15-5-3-4-13(10-15)21-20(24)22(16-6-1-2-7-17(16)27-21)28-9-8-14-12-26-19(25)11-18(14)28/h1-12H,(H2,25,26). The Morgan fingerprint density at radius 1 is 0.929 bits per heavy atom. The monoisotopic (exact) mass is 372 g/mol. The highest BCUT2D eigenvalue weighted by Crippen LogP contribution is 2.34. The lowest BCUT2D eigenvalue weighted by Crippen LogP contribution is -2.03. The molecule has 2 N–H and O–H groups in total. The molecule has 0 saturated heterocycles. The van der Waals surface area contributed by atoms with Crippen molar-refractivity contribution in [3.63, 3.8) is 0 Å². The van der Waals surface area contributed by atoms with Crippen LogP contribution in [-0.2, 0) is 0 Å². The van der Waals surface area contributed by atoms with Crippen LogP contribution < -0.4 is 5.73 Å². The predicted octanol–water partition coefficient (Wildman–Crippen LogP) is 5.10. The summed E-state index contributed by atoms with van der Waals surface area (Å²) in [5.41, 5.74) is 8.00. The summed E-state index contributed by atoms with van der Waals surface area (Å²) in [5.74, 6) is -0.632. The number of hydrogen-bond acceptors (Lipinski definition) is 3. The van der Waals surface area contributed by atoms with Gasteiger partial charge in [0.1, 0.15) is 17.3 Å². The van der Waals surface area contributed by atoms with Crippen molar-refractivity contribution in [2.24, 2.45) is 0 Å². The van der Waals surface area contributed by atoms with E-state index in [0.717, 1.165) is 10.9 Å². The maximum absolute atomic E-state index is 15.8. The van der Waals surface area contributed by atoms with Gasteiger partial charge in [0.2, 0.25) is 0 Å². The van der Waals surface area contributed by atoms with Crippen LogP contribution in [0, 0.1) is 11.6 Å². The van der Waals surface area contributed by atoms with E-state index in [9.17, 15) is 4.39 Å². The third kappa shape index (κ3) is 2.50. The molecule has 5 aromatic rings. The fourth-order valence-corrected chi connectivity index (χ4v) is 3.47. The molecule has 0 amide bonds. The third-order valence-electron chi connectivity index (χ3n) is 4.74. The number of benzene rings is 2. The van der Waals surface area contributed by atoms with Crippen LogP contribution in [0.1, 0.15) is 0 Å². The Bertz CT molecular complexity index is 1360. The zero-order valence-corrected chi connectivity index (χ0v) is 14.6. The van der Waals surface area contributed by atoms with Gasteiger partial charge in [-0.3, -0.25) is 0 Å². The Kier molecular flexibility index (Phi) is 3.58. The van der Waals surface area contributed by atoms with Crippen LogP contribution in [0.4, 0.5) is 14.6 Å². The number of para-hydroxylation sites is 1. The lowest BCUT2D eigenvalue weighted by molar-refractivity contribution is 0.618. The van der Waals surface area contributed by atoms with Crippen LogP contribution in [0.2, 0.25) is 0 Å². The summed E-state index contributed by atoms with van der Waals surface area (Å²) in [7, 11) is 0. The summed E-state index contributed by atoms with van der Waals surface area (Å²) in [6.45, 7) is 0. The van der Waals surface area contributed by atoms with Crippen molar-refractivity contribution >= 4 is 27.6 Å². The first kappa shape index (κ1) is 16.4. The van der Waals surface area contributed by atoms with Gasteiger partial charge in [-0.2, -0.15) is 0 Å². The minimum absolute atomic E-state index is 0.0945. The molecular formula is C22H14F2N4. The zero-order chi connectivity index (χ0) is 19.3. The van der Waals surface area contributed by atoms with Gasteiger partial charge in [-0.05, 0) is 24.3 Å². The summed E-state index contributed by atoms with van der Waals surface area (Å²) >= 11 is 0. The van der Waals surface area contributed by atoms with E-state index in [1.807, 2.05) is 30.3 Å². The molecule has 136 valence electrons. The fourth-order valence-electron chi connectivity index (χ4n) is 3.47. The Morgan fingerprint density at radius 3 is 2.64 bits per heavy atom. The van der Waals surface area contributed by atoms with E-state index >= 15 is 4.39 Å². The van der Waals surface area contributed by atoms with Crippen molar-refractivity contribution < 1.29 is 8.78 Å². The first-order chi connectivity index (χ1) is 13.6. The lowest BCUT2D eigenvalue weighted by atomic mass is 10.1. The van der Waals surface area contributed by atoms with Gasteiger partial charge in [-0.25, -0.2) is 18.7 Å². The van der Waals surface area contributed by atoms with Gasteiger partial charge < -0.3 is 10.3 Å². The molecule has 0 spiro atoms. The minimum Gasteiger partial charge on any atom is -0.384 e. The van der Waals surface area contributed by atoms with Gasteiger partial charge in [-0.15, -0.1) is 0 Å². The molecule has 5 rings (SSSR count). The number of nitrogen functional groups attached to an aromatic ring is 1. The highest BCUT2D eigenvalue weighted by atomic mass is 19.1. The SMILES string of the molecule is Nc1cc2c(ccn2-c2c(F)c(-c3cccc(F)c3)nc3ccccc23)cn1. The largest absolute Gasteiger partial charge is 0.384 e. The highest BCUT2D eigenvalue weighted by Gasteiger charge is 2.19. The molecule has 3 aromatic heterocycles. The van der Waals surface area contributed by atoms with Gasteiger partial charge >= 0.3 is 0 Å². The van der Waals surface area contributed by atoms with Crippen LogP contribution >= 0.6 is 0 Å². The first-order valence-electron chi connectivity index (χ1n) is 8.69. The quantitative estimate of drug-likeness (QED) is 0.469. The van der Waals surface area contributed by atoms with Crippen molar-refractivity contribution in [1.82, 2.24) is 14.5 Å². The van der Waals surface area contributed by atoms with Crippen LogP contribution in [-0.4, -0.2) is 14.5 Å². The van der Waals surface area contributed by atoms with Crippen molar-refractivity contribution in [3.05, 3.63) is 84.7 Å². The Balaban J connectivity index is 1.90. The van der Waals surface area contributed by atoms with Crippen molar-refractivity contribution in [2.45, 2.75) is 0 Å². The van der Waals surface area contributed by atoms with Gasteiger partial charge in [0.05, 0.1) is 16.7 Å². The molecule has 3 heterocycles. The molecule has 0 aliphatic carbocycles. The molecule has 0 aliphatic heterocycles. The van der Waals surface area contributed by atoms with E-state index in [-0.39, 0.29) is 5.69 Å². The molecule has 6 heteroatoms. The Hall–Kier alpha value is -3.80. The number of nitrogens with two attached hydrogens (primary N) is 1. The van der Waals surface area contributed by atoms with E-state index in [0.29, 0.717) is 28.0 Å². The summed E-state index contributed by atoms with van der Waals surface area (Å²) in [5, 5.41) is 1.48. The summed E-state index contributed by atoms with van der Waals surface area (Å²) < 4.78 is 31.2. The Morgan fingerprint density at radius 2 is 1.79 bits per heavy atom. The van der Waals surface area contributed by atoms with E-state index in [1.54, 1.807) is 29.1 Å². The van der Waals surface area contributed by atoms with Gasteiger partial charge in [-0.1, -0.05) is 30.3 Å². The zero-order valence-electron chi connectivity index (χ0n) is 14.6. The second-order valence-corrected chi connectivity index (χ2v) is 6.50. The molecule has 2 aromatic carbocycles. The van der Waals surface area contributed by atoms with Crippen LogP contribution in [0.5, 0.6) is 0 Å². The number of fused-ring (bicyclic) bond motifs is 2. The lowest BCUT2D eigenvalue weighted by Gasteiger charge is -2.14. The third-order valence-corrected chi connectivity index (χ3v) is 4.74. The number of anilines is 1.